The van der Waals surface area contributed by atoms with E-state index in [1.54, 1.807) is 6.92 Å². The quantitative estimate of drug-likeness (QED) is 0.0837. The van der Waals surface area contributed by atoms with Gasteiger partial charge in [0.25, 0.3) is 15.7 Å². The molecule has 0 amide bonds. The second kappa shape index (κ2) is 14.1. The molecule has 258 valence electrons. The van der Waals surface area contributed by atoms with Gasteiger partial charge in [-0.2, -0.15) is 12.7 Å². The van der Waals surface area contributed by atoms with Gasteiger partial charge in [-0.05, 0) is 25.5 Å². The van der Waals surface area contributed by atoms with Crippen molar-refractivity contribution in [2.24, 2.45) is 5.92 Å². The maximum Gasteiger partial charge on any atom is 0.481 e. The third kappa shape index (κ3) is 8.64. The number of aliphatic hydroxyl groups excluding tert-OH is 5. The monoisotopic (exact) mass is 718 g/mol. The predicted octanol–water partition coefficient (Wildman–Crippen LogP) is -2.41. The van der Waals surface area contributed by atoms with Gasteiger partial charge >= 0.3 is 21.3 Å². The minimum absolute atomic E-state index is 0.213. The lowest BCUT2D eigenvalue weighted by atomic mass is 9.81. The molecular formula is C23H32N2O18P2S. The summed E-state index contributed by atoms with van der Waals surface area (Å²) in [5.41, 5.74) is -1.00. The summed E-state index contributed by atoms with van der Waals surface area (Å²) in [6.45, 7) is -0.0852. The largest absolute Gasteiger partial charge is 0.481 e. The van der Waals surface area contributed by atoms with Gasteiger partial charge in [0.05, 0.1) is 30.3 Å². The Bertz CT molecular complexity index is 1700. The van der Waals surface area contributed by atoms with Crippen LogP contribution in [0.3, 0.4) is 0 Å². The number of hydrogen-bond donors (Lipinski definition) is 8. The lowest BCUT2D eigenvalue weighted by Crippen LogP contribution is -2.55. The van der Waals surface area contributed by atoms with Crippen LogP contribution in [0, 0.1) is 12.8 Å². The van der Waals surface area contributed by atoms with Gasteiger partial charge in [0.2, 0.25) is 0 Å². The number of ether oxygens (including phenoxy) is 1. The molecule has 11 atom stereocenters. The Morgan fingerprint density at radius 3 is 2.20 bits per heavy atom. The third-order valence-corrected chi connectivity index (χ3v) is 11.1. The summed E-state index contributed by atoms with van der Waals surface area (Å²) in [5.74, 6) is -1.30. The van der Waals surface area contributed by atoms with E-state index in [1.165, 1.54) is 24.3 Å². The highest BCUT2D eigenvalue weighted by Gasteiger charge is 2.49. The number of aliphatic hydroxyl groups is 5. The number of phosphoric ester groups is 2. The molecule has 2 aromatic rings. The van der Waals surface area contributed by atoms with E-state index in [0.29, 0.717) is 0 Å². The Morgan fingerprint density at radius 1 is 0.913 bits per heavy atom. The summed E-state index contributed by atoms with van der Waals surface area (Å²) in [7, 11) is -15.5. The minimum Gasteiger partial charge on any atom is -0.390 e. The molecule has 1 saturated heterocycles. The fourth-order valence-corrected chi connectivity index (χ4v) is 7.97. The smallest absolute Gasteiger partial charge is 0.390 e. The normalized spacial score (nSPS) is 32.9. The van der Waals surface area contributed by atoms with E-state index in [9.17, 15) is 62.5 Å². The van der Waals surface area contributed by atoms with E-state index in [1.807, 2.05) is 4.98 Å². The summed E-state index contributed by atoms with van der Waals surface area (Å²) in [5, 5.41) is 51.4. The van der Waals surface area contributed by atoms with E-state index < -0.39 is 112 Å². The van der Waals surface area contributed by atoms with E-state index in [4.69, 9.17) is 13.4 Å². The van der Waals surface area contributed by atoms with Crippen LogP contribution in [0.4, 0.5) is 0 Å². The number of hydrogen-bond acceptors (Lipinski definition) is 16. The molecule has 1 aromatic heterocycles. The molecule has 6 unspecified atom stereocenters. The first-order valence-corrected chi connectivity index (χ1v) is 17.7. The molecule has 20 nitrogen and oxygen atoms in total. The third-order valence-electron chi connectivity index (χ3n) is 7.19. The van der Waals surface area contributed by atoms with Gasteiger partial charge in [-0.3, -0.25) is 27.6 Å². The van der Waals surface area contributed by atoms with E-state index in [0.717, 1.165) is 22.4 Å². The minimum atomic E-state index is -5.64. The molecule has 2 fully saturated rings. The molecule has 1 aromatic carbocycles. The molecule has 0 radical (unpaired) electrons. The van der Waals surface area contributed by atoms with Crippen molar-refractivity contribution < 1.29 is 75.1 Å². The van der Waals surface area contributed by atoms with Crippen LogP contribution in [-0.2, 0) is 41.5 Å². The molecule has 0 bridgehead atoms. The van der Waals surface area contributed by atoms with Gasteiger partial charge in [-0.15, -0.1) is 0 Å². The van der Waals surface area contributed by atoms with Crippen molar-refractivity contribution in [2.75, 3.05) is 13.2 Å². The topological polar surface area (TPSA) is 311 Å². The van der Waals surface area contributed by atoms with Gasteiger partial charge in [-0.1, -0.05) is 17.7 Å². The molecular weight excluding hydrogens is 686 g/mol. The van der Waals surface area contributed by atoms with Crippen LogP contribution >= 0.6 is 15.6 Å². The highest BCUT2D eigenvalue weighted by atomic mass is 32.2. The van der Waals surface area contributed by atoms with Crippen LogP contribution in [0.2, 0.25) is 0 Å². The number of H-pyrrole nitrogens is 1. The number of aryl methyl sites for hydroxylation is 1. The van der Waals surface area contributed by atoms with Crippen molar-refractivity contribution in [3.05, 3.63) is 62.9 Å². The molecule has 4 rings (SSSR count). The highest BCUT2D eigenvalue weighted by molar-refractivity contribution is 7.86. The number of nitrogens with zero attached hydrogens (tertiary/aromatic N) is 1. The molecule has 23 heteroatoms. The zero-order valence-corrected chi connectivity index (χ0v) is 26.3. The lowest BCUT2D eigenvalue weighted by Gasteiger charge is -2.40. The second-order valence-electron chi connectivity index (χ2n) is 10.5. The summed E-state index contributed by atoms with van der Waals surface area (Å²) >= 11 is 0. The van der Waals surface area contributed by atoms with Crippen molar-refractivity contribution >= 4 is 25.8 Å². The highest BCUT2D eigenvalue weighted by Crippen LogP contribution is 2.61. The summed E-state index contributed by atoms with van der Waals surface area (Å²) in [6.07, 6.45) is -14.2. The van der Waals surface area contributed by atoms with Crippen molar-refractivity contribution in [2.45, 2.75) is 67.2 Å². The summed E-state index contributed by atoms with van der Waals surface area (Å²) < 4.78 is 74.7. The Balaban J connectivity index is 1.36. The summed E-state index contributed by atoms with van der Waals surface area (Å²) in [6, 6.07) is 6.49. The Morgan fingerprint density at radius 2 is 1.57 bits per heavy atom. The zero-order valence-electron chi connectivity index (χ0n) is 23.7. The van der Waals surface area contributed by atoms with E-state index in [-0.39, 0.29) is 4.90 Å². The van der Waals surface area contributed by atoms with Crippen molar-refractivity contribution in [1.29, 1.82) is 0 Å². The Kier molecular flexibility index (Phi) is 11.3. The molecule has 46 heavy (non-hydrogen) atoms. The average Bonchev–Trinajstić information content (AvgIpc) is 3.24. The number of phosphoric acid groups is 2. The van der Waals surface area contributed by atoms with Crippen LogP contribution in [0.15, 0.2) is 51.0 Å². The molecule has 1 saturated carbocycles. The zero-order chi connectivity index (χ0) is 34.2. The van der Waals surface area contributed by atoms with Crippen LogP contribution in [0.1, 0.15) is 18.2 Å². The number of rotatable bonds is 12. The van der Waals surface area contributed by atoms with Crippen LogP contribution in [0.25, 0.3) is 0 Å². The average molecular weight is 719 g/mol. The van der Waals surface area contributed by atoms with E-state index in [2.05, 4.69) is 8.83 Å². The van der Waals surface area contributed by atoms with Gasteiger partial charge in [0.1, 0.15) is 30.5 Å². The SMILES string of the molecule is Cc1ccc(S(=O)(=O)OCC2C[C@H](OP(=O)(O)OP(=O)(O)OCC3OC(n4ccc(=O)[nH]c4=O)[C@H](O)[C@@H]3O)C(O)[C@@H](O)[C@H]2O)cc1. The van der Waals surface area contributed by atoms with E-state index >= 15 is 0 Å². The van der Waals surface area contributed by atoms with Crippen molar-refractivity contribution in [1.82, 2.24) is 9.55 Å². The van der Waals surface area contributed by atoms with Crippen LogP contribution in [-0.4, -0.2) is 109 Å². The fourth-order valence-electron chi connectivity index (χ4n) is 4.74. The first-order valence-electron chi connectivity index (χ1n) is 13.3. The lowest BCUT2D eigenvalue weighted by molar-refractivity contribution is -0.158. The molecule has 8 N–H and O–H groups in total. The maximum atomic E-state index is 12.6. The number of benzene rings is 1. The molecule has 2 heterocycles. The Hall–Kier alpha value is -2.17. The van der Waals surface area contributed by atoms with Crippen molar-refractivity contribution in [3.63, 3.8) is 0 Å². The van der Waals surface area contributed by atoms with Gasteiger partial charge < -0.3 is 40.1 Å². The summed E-state index contributed by atoms with van der Waals surface area (Å²) in [4.78, 5) is 45.1. The predicted molar refractivity (Wildman–Crippen MR) is 149 cm³/mol. The van der Waals surface area contributed by atoms with Crippen LogP contribution in [0.5, 0.6) is 0 Å². The number of aromatic amines is 1. The first-order chi connectivity index (χ1) is 21.3. The molecule has 1 aliphatic heterocycles. The second-order valence-corrected chi connectivity index (χ2v) is 15.2. The van der Waals surface area contributed by atoms with Gasteiger partial charge in [-0.25, -0.2) is 13.9 Å². The van der Waals surface area contributed by atoms with Crippen LogP contribution < -0.4 is 11.2 Å². The maximum absolute atomic E-state index is 12.6. The standard InChI is InChI=1S/C23H32N2O18P2S/c1-11-2-4-13(5-3-11)46(37,38)40-9-12-8-14(18(28)20(30)17(12)27)42-45(35,36)43-44(33,34)39-10-15-19(29)21(31)22(41-15)25-7-6-16(26)24-23(25)32/h2-7,12,14-15,17-22,27-31H,8-10H2,1H3,(H,33,34)(H,35,36)(H,24,26,32)/t12?,14-,15?,17-,18?,19+,20-,21+,22?/m0/s1. The fraction of sp³-hybridized carbons (Fsp3) is 0.565. The first kappa shape index (κ1) is 36.7. The molecule has 2 aliphatic rings. The number of nitrogens with one attached hydrogen (secondary N) is 1. The molecule has 1 aliphatic carbocycles. The van der Waals surface area contributed by atoms with Gasteiger partial charge in [0, 0.05) is 18.2 Å². The molecule has 0 spiro atoms. The van der Waals surface area contributed by atoms with Crippen molar-refractivity contribution in [3.8, 4) is 0 Å². The number of aromatic nitrogens is 2. The van der Waals surface area contributed by atoms with Gasteiger partial charge in [0.15, 0.2) is 6.23 Å². The Labute approximate surface area is 259 Å².